The van der Waals surface area contributed by atoms with Crippen molar-refractivity contribution in [3.63, 3.8) is 0 Å². The molecule has 0 aromatic heterocycles. The molecule has 0 spiro atoms. The van der Waals surface area contributed by atoms with Gasteiger partial charge in [-0.05, 0) is 47.2 Å². The summed E-state index contributed by atoms with van der Waals surface area (Å²) in [5.74, 6) is 1.51. The van der Waals surface area contributed by atoms with Gasteiger partial charge in [-0.1, -0.05) is 137 Å². The Kier molecular flexibility index (Phi) is 12.0. The SMILES string of the molecule is CCCCCC(O)c1cccc(Oc2cccc(C(O)CCCCC)c2Cc2ccccc2)c1Cc1ccccc1. The standard InChI is InChI=1S/C38H46O3/c1-3-5-9-23-35(39)31-21-15-25-37(33(31)27-29-17-11-7-12-18-29)41-38-26-16-22-32(36(40)24-10-6-4-2)34(38)28-30-19-13-8-14-20-30/h7-8,11-22,25-26,35-36,39-40H,3-6,9-10,23-24,27-28H2,1-2H3. The summed E-state index contributed by atoms with van der Waals surface area (Å²) in [4.78, 5) is 0. The maximum atomic E-state index is 11.3. The van der Waals surface area contributed by atoms with Crippen molar-refractivity contribution in [3.05, 3.63) is 130 Å². The quantitative estimate of drug-likeness (QED) is 0.136. The van der Waals surface area contributed by atoms with Crippen LogP contribution in [-0.4, -0.2) is 10.2 Å². The Morgan fingerprint density at radius 2 is 0.927 bits per heavy atom. The molecule has 216 valence electrons. The van der Waals surface area contributed by atoms with E-state index in [-0.39, 0.29) is 0 Å². The molecule has 4 rings (SSSR count). The monoisotopic (exact) mass is 550 g/mol. The third-order valence-electron chi connectivity index (χ3n) is 7.89. The van der Waals surface area contributed by atoms with Gasteiger partial charge >= 0.3 is 0 Å². The second kappa shape index (κ2) is 16.1. The lowest BCUT2D eigenvalue weighted by Gasteiger charge is -2.22. The summed E-state index contributed by atoms with van der Waals surface area (Å²) >= 11 is 0. The summed E-state index contributed by atoms with van der Waals surface area (Å²) in [5, 5.41) is 22.6. The molecule has 0 saturated heterocycles. The van der Waals surface area contributed by atoms with Crippen molar-refractivity contribution in [1.82, 2.24) is 0 Å². The molecule has 0 radical (unpaired) electrons. The fourth-order valence-electron chi connectivity index (χ4n) is 5.56. The fourth-order valence-corrected chi connectivity index (χ4v) is 5.56. The Labute approximate surface area is 246 Å². The minimum atomic E-state index is -0.542. The van der Waals surface area contributed by atoms with Crippen LogP contribution in [0.2, 0.25) is 0 Å². The van der Waals surface area contributed by atoms with Gasteiger partial charge in [0.05, 0.1) is 12.2 Å². The van der Waals surface area contributed by atoms with Crippen molar-refractivity contribution < 1.29 is 14.9 Å². The van der Waals surface area contributed by atoms with Gasteiger partial charge in [0.25, 0.3) is 0 Å². The van der Waals surface area contributed by atoms with E-state index < -0.39 is 12.2 Å². The van der Waals surface area contributed by atoms with Gasteiger partial charge in [-0.25, -0.2) is 0 Å². The number of hydrogen-bond donors (Lipinski definition) is 2. The first kappa shape index (κ1) is 30.6. The van der Waals surface area contributed by atoms with Crippen LogP contribution in [0.1, 0.15) is 111 Å². The van der Waals surface area contributed by atoms with Gasteiger partial charge in [0, 0.05) is 24.0 Å². The van der Waals surface area contributed by atoms with Crippen LogP contribution < -0.4 is 4.74 Å². The first-order valence-corrected chi connectivity index (χ1v) is 15.5. The first-order chi connectivity index (χ1) is 20.1. The molecule has 4 aromatic carbocycles. The zero-order valence-electron chi connectivity index (χ0n) is 24.8. The van der Waals surface area contributed by atoms with E-state index in [1.54, 1.807) is 0 Å². The second-order valence-electron chi connectivity index (χ2n) is 11.1. The molecule has 0 saturated carbocycles. The molecule has 0 aliphatic rings. The highest BCUT2D eigenvalue weighted by Gasteiger charge is 2.21. The van der Waals surface area contributed by atoms with E-state index >= 15 is 0 Å². The van der Waals surface area contributed by atoms with Gasteiger partial charge < -0.3 is 14.9 Å². The number of aliphatic hydroxyl groups is 2. The van der Waals surface area contributed by atoms with Crippen LogP contribution in [0.4, 0.5) is 0 Å². The molecule has 4 aromatic rings. The molecular weight excluding hydrogens is 504 g/mol. The minimum Gasteiger partial charge on any atom is -0.457 e. The summed E-state index contributed by atoms with van der Waals surface area (Å²) in [6, 6.07) is 32.8. The summed E-state index contributed by atoms with van der Waals surface area (Å²) in [6.07, 6.45) is 8.17. The molecule has 0 amide bonds. The third kappa shape index (κ3) is 8.79. The average molecular weight is 551 g/mol. The predicted octanol–water partition coefficient (Wildman–Crippen LogP) is 9.89. The smallest absolute Gasteiger partial charge is 0.131 e. The van der Waals surface area contributed by atoms with Gasteiger partial charge in [-0.2, -0.15) is 0 Å². The summed E-state index contributed by atoms with van der Waals surface area (Å²) in [5.41, 5.74) is 6.25. The Morgan fingerprint density at radius 3 is 1.32 bits per heavy atom. The van der Waals surface area contributed by atoms with Crippen LogP contribution in [0.3, 0.4) is 0 Å². The van der Waals surface area contributed by atoms with E-state index in [0.29, 0.717) is 12.8 Å². The number of hydrogen-bond acceptors (Lipinski definition) is 3. The van der Waals surface area contributed by atoms with E-state index in [2.05, 4.69) is 62.4 Å². The molecule has 2 N–H and O–H groups in total. The van der Waals surface area contributed by atoms with Crippen LogP contribution in [0.5, 0.6) is 11.5 Å². The molecular formula is C38H46O3. The van der Waals surface area contributed by atoms with Crippen molar-refractivity contribution in [1.29, 1.82) is 0 Å². The van der Waals surface area contributed by atoms with Crippen molar-refractivity contribution in [2.45, 2.75) is 90.3 Å². The molecule has 0 fully saturated rings. The molecule has 2 unspecified atom stereocenters. The van der Waals surface area contributed by atoms with Crippen molar-refractivity contribution >= 4 is 0 Å². The Hall–Kier alpha value is -3.40. The van der Waals surface area contributed by atoms with Gasteiger partial charge in [0.15, 0.2) is 0 Å². The van der Waals surface area contributed by atoms with Crippen molar-refractivity contribution in [2.75, 3.05) is 0 Å². The van der Waals surface area contributed by atoms with Crippen molar-refractivity contribution in [2.24, 2.45) is 0 Å². The maximum absolute atomic E-state index is 11.3. The van der Waals surface area contributed by atoms with E-state index in [1.807, 2.05) is 48.5 Å². The normalized spacial score (nSPS) is 12.7. The molecule has 0 aliphatic carbocycles. The van der Waals surface area contributed by atoms with Crippen molar-refractivity contribution in [3.8, 4) is 11.5 Å². The van der Waals surface area contributed by atoms with E-state index in [9.17, 15) is 10.2 Å². The maximum Gasteiger partial charge on any atom is 0.131 e. The van der Waals surface area contributed by atoms with E-state index in [0.717, 1.165) is 85.1 Å². The van der Waals surface area contributed by atoms with E-state index in [1.165, 1.54) is 11.1 Å². The zero-order chi connectivity index (χ0) is 28.9. The Bertz CT molecular complexity index is 1210. The molecule has 3 nitrogen and oxygen atoms in total. The molecule has 41 heavy (non-hydrogen) atoms. The average Bonchev–Trinajstić information content (AvgIpc) is 3.00. The van der Waals surface area contributed by atoms with Gasteiger partial charge in [0.2, 0.25) is 0 Å². The lowest BCUT2D eigenvalue weighted by Crippen LogP contribution is -2.08. The van der Waals surface area contributed by atoms with Gasteiger partial charge in [-0.15, -0.1) is 0 Å². The highest BCUT2D eigenvalue weighted by atomic mass is 16.5. The van der Waals surface area contributed by atoms with Gasteiger partial charge in [0.1, 0.15) is 11.5 Å². The fraction of sp³-hybridized carbons (Fsp3) is 0.368. The number of ether oxygens (including phenoxy) is 1. The molecule has 3 heteroatoms. The minimum absolute atomic E-state index is 0.542. The highest BCUT2D eigenvalue weighted by Crippen LogP contribution is 2.38. The Morgan fingerprint density at radius 1 is 0.512 bits per heavy atom. The lowest BCUT2D eigenvalue weighted by molar-refractivity contribution is 0.162. The van der Waals surface area contributed by atoms with Gasteiger partial charge in [-0.3, -0.25) is 0 Å². The number of benzene rings is 4. The largest absolute Gasteiger partial charge is 0.457 e. The van der Waals surface area contributed by atoms with E-state index in [4.69, 9.17) is 4.74 Å². The molecule has 0 bridgehead atoms. The van der Waals surface area contributed by atoms with Crippen LogP contribution >= 0.6 is 0 Å². The first-order valence-electron chi connectivity index (χ1n) is 15.5. The third-order valence-corrected chi connectivity index (χ3v) is 7.89. The van der Waals surface area contributed by atoms with Crippen LogP contribution in [0.25, 0.3) is 0 Å². The number of unbranched alkanes of at least 4 members (excludes halogenated alkanes) is 4. The predicted molar refractivity (Wildman–Crippen MR) is 170 cm³/mol. The van der Waals surface area contributed by atoms with Crippen LogP contribution in [-0.2, 0) is 12.8 Å². The molecule has 2 atom stereocenters. The number of aliphatic hydroxyl groups excluding tert-OH is 2. The Balaban J connectivity index is 1.74. The van der Waals surface area contributed by atoms with Crippen LogP contribution in [0.15, 0.2) is 97.1 Å². The molecule has 0 heterocycles. The molecule has 0 aliphatic heterocycles. The summed E-state index contributed by atoms with van der Waals surface area (Å²) < 4.78 is 6.80. The van der Waals surface area contributed by atoms with Crippen LogP contribution in [0, 0.1) is 0 Å². The lowest BCUT2D eigenvalue weighted by atomic mass is 9.92. The number of rotatable bonds is 16. The summed E-state index contributed by atoms with van der Waals surface area (Å²) in [7, 11) is 0. The summed E-state index contributed by atoms with van der Waals surface area (Å²) in [6.45, 7) is 4.37. The highest BCUT2D eigenvalue weighted by molar-refractivity contribution is 5.50. The zero-order valence-corrected chi connectivity index (χ0v) is 24.8. The topological polar surface area (TPSA) is 49.7 Å². The second-order valence-corrected chi connectivity index (χ2v) is 11.1.